The van der Waals surface area contributed by atoms with Crippen LogP contribution in [0.4, 0.5) is 10.1 Å². The number of hydrogen-bond acceptors (Lipinski definition) is 3. The van der Waals surface area contributed by atoms with Crippen molar-refractivity contribution < 1.29 is 9.13 Å². The molecule has 1 atom stereocenters. The molecule has 2 N–H and O–H groups in total. The minimum Gasteiger partial charge on any atom is -0.379 e. The average Bonchev–Trinajstić information content (AvgIpc) is 3.27. The summed E-state index contributed by atoms with van der Waals surface area (Å²) in [6, 6.07) is 5.51. The molecule has 1 aliphatic rings. The van der Waals surface area contributed by atoms with Crippen molar-refractivity contribution in [1.82, 2.24) is 0 Å². The number of likely N-dealkylation sites (N-methyl/N-ethyl adjacent to an activating group) is 1. The Kier molecular flexibility index (Phi) is 6.00. The minimum atomic E-state index is -0.180. The minimum absolute atomic E-state index is 0.101. The fourth-order valence-electron chi connectivity index (χ4n) is 2.29. The number of benzene rings is 1. The van der Waals surface area contributed by atoms with Crippen LogP contribution < -0.4 is 10.6 Å². The second-order valence-corrected chi connectivity index (χ2v) is 6.10. The highest BCUT2D eigenvalue weighted by Crippen LogP contribution is 2.28. The van der Waals surface area contributed by atoms with E-state index in [0.29, 0.717) is 18.8 Å². The Morgan fingerprint density at radius 2 is 2.19 bits per heavy atom. The number of nitrogens with zero attached hydrogens (tertiary/aromatic N) is 1. The van der Waals surface area contributed by atoms with Crippen LogP contribution in [0.3, 0.4) is 0 Å². The molecule has 0 aliphatic heterocycles. The number of halogens is 1. The molecule has 4 heteroatoms. The van der Waals surface area contributed by atoms with E-state index in [9.17, 15) is 4.39 Å². The molecule has 0 spiro atoms. The Morgan fingerprint density at radius 3 is 2.81 bits per heavy atom. The van der Waals surface area contributed by atoms with Gasteiger partial charge in [0.1, 0.15) is 5.82 Å². The molecule has 0 saturated heterocycles. The quantitative estimate of drug-likeness (QED) is 0.712. The number of ether oxygens (including phenoxy) is 1. The van der Waals surface area contributed by atoms with Crippen molar-refractivity contribution in [3.8, 4) is 0 Å². The molecule has 1 fully saturated rings. The van der Waals surface area contributed by atoms with E-state index in [0.717, 1.165) is 30.9 Å². The largest absolute Gasteiger partial charge is 0.379 e. The molecule has 1 unspecified atom stereocenters. The lowest BCUT2D eigenvalue weighted by Gasteiger charge is -2.20. The second kappa shape index (κ2) is 7.76. The molecular weight excluding hydrogens is 267 g/mol. The Bertz CT molecular complexity index is 448. The van der Waals surface area contributed by atoms with Crippen LogP contribution in [0.2, 0.25) is 0 Å². The summed E-state index contributed by atoms with van der Waals surface area (Å²) in [6.07, 6.45) is 4.22. The topological polar surface area (TPSA) is 38.5 Å². The number of rotatable bonds is 9. The van der Waals surface area contributed by atoms with E-state index in [2.05, 4.69) is 0 Å². The monoisotopic (exact) mass is 294 g/mol. The van der Waals surface area contributed by atoms with Gasteiger partial charge in [0.05, 0.1) is 12.3 Å². The van der Waals surface area contributed by atoms with Crippen molar-refractivity contribution in [1.29, 1.82) is 0 Å². The van der Waals surface area contributed by atoms with Gasteiger partial charge in [0.25, 0.3) is 0 Å². The van der Waals surface area contributed by atoms with Crippen LogP contribution in [0.5, 0.6) is 0 Å². The van der Waals surface area contributed by atoms with Crippen LogP contribution in [-0.2, 0) is 11.2 Å². The van der Waals surface area contributed by atoms with Gasteiger partial charge >= 0.3 is 0 Å². The third kappa shape index (κ3) is 5.29. The Balaban J connectivity index is 1.83. The van der Waals surface area contributed by atoms with E-state index < -0.39 is 0 Å². The first-order chi connectivity index (χ1) is 10.1. The van der Waals surface area contributed by atoms with E-state index in [-0.39, 0.29) is 11.9 Å². The van der Waals surface area contributed by atoms with Crippen molar-refractivity contribution in [3.05, 3.63) is 29.6 Å². The first-order valence-corrected chi connectivity index (χ1v) is 7.93. The maximum atomic E-state index is 14.2. The summed E-state index contributed by atoms with van der Waals surface area (Å²) in [7, 11) is 1.90. The van der Waals surface area contributed by atoms with Gasteiger partial charge in [-0.25, -0.2) is 4.39 Å². The van der Waals surface area contributed by atoms with Gasteiger partial charge in [-0.3, -0.25) is 0 Å². The summed E-state index contributed by atoms with van der Waals surface area (Å²) in [5.41, 5.74) is 7.50. The van der Waals surface area contributed by atoms with E-state index in [4.69, 9.17) is 10.5 Å². The zero-order chi connectivity index (χ0) is 15.2. The molecule has 1 aromatic carbocycles. The lowest BCUT2D eigenvalue weighted by molar-refractivity contribution is 0.131. The van der Waals surface area contributed by atoms with E-state index in [1.54, 1.807) is 6.07 Å². The number of anilines is 1. The van der Waals surface area contributed by atoms with Crippen molar-refractivity contribution >= 4 is 5.69 Å². The molecule has 0 aromatic heterocycles. The highest BCUT2D eigenvalue weighted by molar-refractivity contribution is 5.48. The van der Waals surface area contributed by atoms with E-state index >= 15 is 0 Å². The first kappa shape index (κ1) is 16.2. The summed E-state index contributed by atoms with van der Waals surface area (Å²) in [4.78, 5) is 1.91. The van der Waals surface area contributed by atoms with Crippen LogP contribution >= 0.6 is 0 Å². The summed E-state index contributed by atoms with van der Waals surface area (Å²) in [5.74, 6) is 0.592. The van der Waals surface area contributed by atoms with Crippen molar-refractivity contribution in [3.63, 3.8) is 0 Å². The number of nitrogens with two attached hydrogens (primary N) is 1. The molecule has 0 bridgehead atoms. The van der Waals surface area contributed by atoms with Crippen LogP contribution in [0.25, 0.3) is 0 Å². The Labute approximate surface area is 127 Å². The molecule has 118 valence electrons. The summed E-state index contributed by atoms with van der Waals surface area (Å²) in [5, 5.41) is 0. The molecule has 2 rings (SSSR count). The lowest BCUT2D eigenvalue weighted by Crippen LogP contribution is -2.24. The SMILES string of the molecule is CCC(N)Cc1ccc(N(C)CCOCC2CC2)c(F)c1. The van der Waals surface area contributed by atoms with Crippen LogP contribution in [0.1, 0.15) is 31.7 Å². The summed E-state index contributed by atoms with van der Waals surface area (Å²) < 4.78 is 19.8. The molecule has 3 nitrogen and oxygen atoms in total. The highest BCUT2D eigenvalue weighted by atomic mass is 19.1. The molecule has 0 radical (unpaired) electrons. The molecule has 1 aliphatic carbocycles. The van der Waals surface area contributed by atoms with Gasteiger partial charge in [-0.2, -0.15) is 0 Å². The van der Waals surface area contributed by atoms with Crippen LogP contribution in [-0.4, -0.2) is 32.8 Å². The van der Waals surface area contributed by atoms with Gasteiger partial charge in [-0.05, 0) is 49.3 Å². The highest BCUT2D eigenvalue weighted by Gasteiger charge is 2.21. The van der Waals surface area contributed by atoms with E-state index in [1.807, 2.05) is 31.0 Å². The standard InChI is InChI=1S/C17H27FN2O/c1-3-15(19)10-14-6-7-17(16(18)11-14)20(2)8-9-21-12-13-4-5-13/h6-7,11,13,15H,3-5,8-10,12,19H2,1-2H3. The summed E-state index contributed by atoms with van der Waals surface area (Å²) >= 11 is 0. The zero-order valence-corrected chi connectivity index (χ0v) is 13.1. The Hall–Kier alpha value is -1.13. The molecule has 21 heavy (non-hydrogen) atoms. The van der Waals surface area contributed by atoms with Crippen molar-refractivity contribution in [2.75, 3.05) is 31.7 Å². The smallest absolute Gasteiger partial charge is 0.146 e. The average molecular weight is 294 g/mol. The van der Waals surface area contributed by atoms with Crippen LogP contribution in [0, 0.1) is 11.7 Å². The molecule has 1 aromatic rings. The molecular formula is C17H27FN2O. The third-order valence-electron chi connectivity index (χ3n) is 4.07. The van der Waals surface area contributed by atoms with Crippen molar-refractivity contribution in [2.45, 2.75) is 38.6 Å². The van der Waals surface area contributed by atoms with Gasteiger partial charge in [-0.15, -0.1) is 0 Å². The Morgan fingerprint density at radius 1 is 1.43 bits per heavy atom. The van der Waals surface area contributed by atoms with Gasteiger partial charge < -0.3 is 15.4 Å². The maximum absolute atomic E-state index is 14.2. The molecule has 0 amide bonds. The third-order valence-corrected chi connectivity index (χ3v) is 4.07. The maximum Gasteiger partial charge on any atom is 0.146 e. The van der Waals surface area contributed by atoms with Gasteiger partial charge in [0.2, 0.25) is 0 Å². The summed E-state index contributed by atoms with van der Waals surface area (Å²) in [6.45, 7) is 4.25. The lowest BCUT2D eigenvalue weighted by atomic mass is 10.0. The van der Waals surface area contributed by atoms with E-state index in [1.165, 1.54) is 12.8 Å². The first-order valence-electron chi connectivity index (χ1n) is 7.93. The number of hydrogen-bond donors (Lipinski definition) is 1. The fraction of sp³-hybridized carbons (Fsp3) is 0.647. The molecule has 0 heterocycles. The fourth-order valence-corrected chi connectivity index (χ4v) is 2.29. The normalized spacial score (nSPS) is 16.0. The zero-order valence-electron chi connectivity index (χ0n) is 13.1. The predicted octanol–water partition coefficient (Wildman–Crippen LogP) is 2.97. The van der Waals surface area contributed by atoms with Gasteiger partial charge in [0, 0.05) is 26.2 Å². The predicted molar refractivity (Wildman–Crippen MR) is 85.2 cm³/mol. The van der Waals surface area contributed by atoms with Gasteiger partial charge in [-0.1, -0.05) is 13.0 Å². The van der Waals surface area contributed by atoms with Crippen molar-refractivity contribution in [2.24, 2.45) is 11.7 Å². The second-order valence-electron chi connectivity index (χ2n) is 6.10. The van der Waals surface area contributed by atoms with Gasteiger partial charge in [0.15, 0.2) is 0 Å². The van der Waals surface area contributed by atoms with Crippen LogP contribution in [0.15, 0.2) is 18.2 Å². The molecule has 1 saturated carbocycles.